The number of amides is 1. The maximum atomic E-state index is 11.9. The van der Waals surface area contributed by atoms with Crippen LogP contribution in [0, 0.1) is 5.41 Å². The standard InChI is InChI=1S/C11H21NO3/c1-6-7-8-12(4)9(13)11(2,3)10(14)15-5/h6-8H2,1-5H3. The molecule has 0 aliphatic heterocycles. The molecule has 0 N–H and O–H groups in total. The zero-order valence-corrected chi connectivity index (χ0v) is 10.3. The van der Waals surface area contributed by atoms with Gasteiger partial charge in [0.05, 0.1) is 7.11 Å². The van der Waals surface area contributed by atoms with E-state index in [1.54, 1.807) is 25.8 Å². The van der Waals surface area contributed by atoms with E-state index in [4.69, 9.17) is 0 Å². The second-order valence-corrected chi connectivity index (χ2v) is 4.20. The van der Waals surface area contributed by atoms with Crippen molar-refractivity contribution < 1.29 is 14.3 Å². The number of hydrogen-bond donors (Lipinski definition) is 0. The van der Waals surface area contributed by atoms with Gasteiger partial charge in [-0.25, -0.2) is 0 Å². The van der Waals surface area contributed by atoms with Crippen LogP contribution >= 0.6 is 0 Å². The predicted molar refractivity (Wildman–Crippen MR) is 58.3 cm³/mol. The minimum atomic E-state index is -1.09. The number of hydrogen-bond acceptors (Lipinski definition) is 3. The Kier molecular flexibility index (Phi) is 5.33. The summed E-state index contributed by atoms with van der Waals surface area (Å²) >= 11 is 0. The Labute approximate surface area is 91.6 Å². The second-order valence-electron chi connectivity index (χ2n) is 4.20. The summed E-state index contributed by atoms with van der Waals surface area (Å²) in [4.78, 5) is 24.9. The topological polar surface area (TPSA) is 46.6 Å². The minimum absolute atomic E-state index is 0.192. The molecule has 0 aromatic heterocycles. The number of methoxy groups -OCH3 is 1. The molecule has 0 aromatic rings. The Morgan fingerprint density at radius 3 is 2.27 bits per heavy atom. The van der Waals surface area contributed by atoms with E-state index < -0.39 is 11.4 Å². The first-order chi connectivity index (χ1) is 6.87. The number of carbonyl (C=O) groups excluding carboxylic acids is 2. The molecule has 4 heteroatoms. The van der Waals surface area contributed by atoms with Crippen LogP contribution in [0.2, 0.25) is 0 Å². The van der Waals surface area contributed by atoms with Crippen LogP contribution in [0.15, 0.2) is 0 Å². The van der Waals surface area contributed by atoms with E-state index >= 15 is 0 Å². The van der Waals surface area contributed by atoms with E-state index in [2.05, 4.69) is 11.7 Å². The smallest absolute Gasteiger partial charge is 0.320 e. The normalized spacial score (nSPS) is 11.0. The van der Waals surface area contributed by atoms with Crippen molar-refractivity contribution in [2.24, 2.45) is 5.41 Å². The molecule has 0 saturated heterocycles. The maximum absolute atomic E-state index is 11.9. The largest absolute Gasteiger partial charge is 0.468 e. The molecule has 0 heterocycles. The summed E-state index contributed by atoms with van der Waals surface area (Å²) in [6.45, 7) is 5.91. The molecule has 1 amide bonds. The molecule has 0 aromatic carbocycles. The summed E-state index contributed by atoms with van der Waals surface area (Å²) in [5.74, 6) is -0.682. The van der Waals surface area contributed by atoms with E-state index in [0.717, 1.165) is 12.8 Å². The van der Waals surface area contributed by atoms with Crippen molar-refractivity contribution in [3.63, 3.8) is 0 Å². The molecule has 0 saturated carbocycles. The Morgan fingerprint density at radius 2 is 1.87 bits per heavy atom. The molecule has 15 heavy (non-hydrogen) atoms. The fourth-order valence-corrected chi connectivity index (χ4v) is 1.32. The molecular formula is C11H21NO3. The first-order valence-corrected chi connectivity index (χ1v) is 5.21. The van der Waals surface area contributed by atoms with Crippen molar-refractivity contribution in [1.29, 1.82) is 0 Å². The highest BCUT2D eigenvalue weighted by atomic mass is 16.5. The van der Waals surface area contributed by atoms with Gasteiger partial charge in [0, 0.05) is 13.6 Å². The van der Waals surface area contributed by atoms with Gasteiger partial charge in [-0.15, -0.1) is 0 Å². The minimum Gasteiger partial charge on any atom is -0.468 e. The lowest BCUT2D eigenvalue weighted by Crippen LogP contribution is -2.44. The zero-order valence-electron chi connectivity index (χ0n) is 10.3. The van der Waals surface area contributed by atoms with E-state index in [1.165, 1.54) is 7.11 Å². The third kappa shape index (κ3) is 3.53. The van der Waals surface area contributed by atoms with Gasteiger partial charge in [-0.2, -0.15) is 0 Å². The lowest BCUT2D eigenvalue weighted by molar-refractivity contribution is -0.160. The van der Waals surface area contributed by atoms with Crippen LogP contribution in [0.1, 0.15) is 33.6 Å². The van der Waals surface area contributed by atoms with Crippen molar-refractivity contribution in [3.05, 3.63) is 0 Å². The first kappa shape index (κ1) is 13.9. The van der Waals surface area contributed by atoms with Gasteiger partial charge in [-0.1, -0.05) is 13.3 Å². The van der Waals surface area contributed by atoms with Crippen molar-refractivity contribution in [2.75, 3.05) is 20.7 Å². The average Bonchev–Trinajstić information content (AvgIpc) is 2.23. The summed E-state index contributed by atoms with van der Waals surface area (Å²) in [6.07, 6.45) is 1.97. The van der Waals surface area contributed by atoms with Gasteiger partial charge in [0.2, 0.25) is 5.91 Å². The Bertz CT molecular complexity index is 236. The number of carbonyl (C=O) groups is 2. The molecule has 0 rings (SSSR count). The third-order valence-corrected chi connectivity index (χ3v) is 2.42. The molecule has 0 unspecified atom stereocenters. The highest BCUT2D eigenvalue weighted by Gasteiger charge is 2.38. The van der Waals surface area contributed by atoms with Gasteiger partial charge < -0.3 is 9.64 Å². The van der Waals surface area contributed by atoms with Gasteiger partial charge in [-0.05, 0) is 20.3 Å². The van der Waals surface area contributed by atoms with Gasteiger partial charge in [-0.3, -0.25) is 9.59 Å². The number of unbranched alkanes of at least 4 members (excludes halogenated alkanes) is 1. The number of esters is 1. The highest BCUT2D eigenvalue weighted by molar-refractivity contribution is 6.01. The fraction of sp³-hybridized carbons (Fsp3) is 0.818. The molecule has 0 fully saturated rings. The summed E-state index contributed by atoms with van der Waals surface area (Å²) in [6, 6.07) is 0. The molecule has 88 valence electrons. The molecule has 0 aliphatic rings. The van der Waals surface area contributed by atoms with E-state index in [9.17, 15) is 9.59 Å². The van der Waals surface area contributed by atoms with Crippen molar-refractivity contribution in [2.45, 2.75) is 33.6 Å². The van der Waals surface area contributed by atoms with Crippen LogP contribution in [0.5, 0.6) is 0 Å². The molecule has 0 bridgehead atoms. The summed E-state index contributed by atoms with van der Waals surface area (Å²) in [7, 11) is 3.01. The van der Waals surface area contributed by atoms with Crippen LogP contribution in [0.4, 0.5) is 0 Å². The Balaban J connectivity index is 4.47. The van der Waals surface area contributed by atoms with E-state index in [0.29, 0.717) is 6.54 Å². The van der Waals surface area contributed by atoms with Crippen molar-refractivity contribution >= 4 is 11.9 Å². The molecule has 0 spiro atoms. The quantitative estimate of drug-likeness (QED) is 0.515. The fourth-order valence-electron chi connectivity index (χ4n) is 1.32. The molecule has 0 radical (unpaired) electrons. The SMILES string of the molecule is CCCCN(C)C(=O)C(C)(C)C(=O)OC. The van der Waals surface area contributed by atoms with Crippen molar-refractivity contribution in [1.82, 2.24) is 4.90 Å². The van der Waals surface area contributed by atoms with Crippen LogP contribution < -0.4 is 0 Å². The number of rotatable bonds is 5. The van der Waals surface area contributed by atoms with Crippen LogP contribution in [-0.4, -0.2) is 37.5 Å². The first-order valence-electron chi connectivity index (χ1n) is 5.21. The zero-order chi connectivity index (χ0) is 12.1. The van der Waals surface area contributed by atoms with Gasteiger partial charge in [0.1, 0.15) is 5.41 Å². The molecule has 4 nitrogen and oxygen atoms in total. The van der Waals surface area contributed by atoms with E-state index in [1.807, 2.05) is 0 Å². The summed E-state index contributed by atoms with van der Waals surface area (Å²) in [5.41, 5.74) is -1.09. The Morgan fingerprint density at radius 1 is 1.33 bits per heavy atom. The average molecular weight is 215 g/mol. The van der Waals surface area contributed by atoms with Crippen LogP contribution in [0.3, 0.4) is 0 Å². The van der Waals surface area contributed by atoms with Gasteiger partial charge in [0.15, 0.2) is 0 Å². The van der Waals surface area contributed by atoms with E-state index in [-0.39, 0.29) is 5.91 Å². The van der Waals surface area contributed by atoms with Gasteiger partial charge in [0.25, 0.3) is 0 Å². The third-order valence-electron chi connectivity index (χ3n) is 2.42. The van der Waals surface area contributed by atoms with Crippen molar-refractivity contribution in [3.8, 4) is 0 Å². The summed E-state index contributed by atoms with van der Waals surface area (Å²) < 4.78 is 4.60. The van der Waals surface area contributed by atoms with Gasteiger partial charge >= 0.3 is 5.97 Å². The Hall–Kier alpha value is -1.06. The molecular weight excluding hydrogens is 194 g/mol. The maximum Gasteiger partial charge on any atom is 0.320 e. The monoisotopic (exact) mass is 215 g/mol. The summed E-state index contributed by atoms with van der Waals surface area (Å²) in [5, 5.41) is 0. The molecule has 0 aliphatic carbocycles. The second kappa shape index (κ2) is 5.73. The molecule has 0 atom stereocenters. The van der Waals surface area contributed by atoms with Crippen LogP contribution in [-0.2, 0) is 14.3 Å². The van der Waals surface area contributed by atoms with Crippen LogP contribution in [0.25, 0.3) is 0 Å². The number of ether oxygens (including phenoxy) is 1. The lowest BCUT2D eigenvalue weighted by Gasteiger charge is -2.26. The predicted octanol–water partition coefficient (Wildman–Crippen LogP) is 1.44. The number of nitrogens with zero attached hydrogens (tertiary/aromatic N) is 1. The highest BCUT2D eigenvalue weighted by Crippen LogP contribution is 2.20. The lowest BCUT2D eigenvalue weighted by atomic mass is 9.92.